The van der Waals surface area contributed by atoms with Gasteiger partial charge in [-0.2, -0.15) is 0 Å². The molecule has 4 rings (SSSR count). The van der Waals surface area contributed by atoms with E-state index in [1.54, 1.807) is 24.4 Å². The molecule has 0 fully saturated rings. The Kier molecular flexibility index (Phi) is 5.81. The number of aromatic nitrogens is 3. The normalized spacial score (nSPS) is 11.0. The van der Waals surface area contributed by atoms with Gasteiger partial charge in [0.1, 0.15) is 29.8 Å². The summed E-state index contributed by atoms with van der Waals surface area (Å²) in [7, 11) is 0. The molecule has 0 saturated heterocycles. The predicted octanol–water partition coefficient (Wildman–Crippen LogP) is 4.64. The van der Waals surface area contributed by atoms with E-state index in [1.165, 1.54) is 30.3 Å². The second-order valence-corrected chi connectivity index (χ2v) is 7.20. The molecule has 0 amide bonds. The zero-order valence-corrected chi connectivity index (χ0v) is 17.3. The van der Waals surface area contributed by atoms with E-state index in [1.807, 2.05) is 0 Å². The van der Waals surface area contributed by atoms with Crippen molar-refractivity contribution >= 4 is 17.1 Å². The summed E-state index contributed by atoms with van der Waals surface area (Å²) >= 11 is 0. The first-order chi connectivity index (χ1) is 15.3. The van der Waals surface area contributed by atoms with E-state index in [9.17, 15) is 18.0 Å². The SMILES string of the molecule is Cc1cn2c(C(=O)CNc3ccc(F)cc3)c(C)nc2c(OCc2c(F)cccc2F)n1. The summed E-state index contributed by atoms with van der Waals surface area (Å²) in [5.74, 6) is -2.02. The first-order valence-corrected chi connectivity index (χ1v) is 9.78. The topological polar surface area (TPSA) is 68.5 Å². The summed E-state index contributed by atoms with van der Waals surface area (Å²) < 4.78 is 48.1. The van der Waals surface area contributed by atoms with Gasteiger partial charge in [-0.05, 0) is 50.2 Å². The van der Waals surface area contributed by atoms with Gasteiger partial charge in [0, 0.05) is 11.9 Å². The van der Waals surface area contributed by atoms with E-state index in [2.05, 4.69) is 15.3 Å². The van der Waals surface area contributed by atoms with Crippen LogP contribution in [-0.2, 0) is 6.61 Å². The Labute approximate surface area is 181 Å². The molecular weight excluding hydrogens is 421 g/mol. The van der Waals surface area contributed by atoms with Crippen LogP contribution in [0.25, 0.3) is 5.65 Å². The number of carbonyl (C=O) groups is 1. The summed E-state index contributed by atoms with van der Waals surface area (Å²) in [6.07, 6.45) is 1.64. The highest BCUT2D eigenvalue weighted by atomic mass is 19.1. The molecule has 2 aromatic heterocycles. The lowest BCUT2D eigenvalue weighted by Crippen LogP contribution is -2.17. The molecule has 0 spiro atoms. The van der Waals surface area contributed by atoms with E-state index in [-0.39, 0.29) is 41.8 Å². The third kappa shape index (κ3) is 4.27. The van der Waals surface area contributed by atoms with Crippen LogP contribution in [0.4, 0.5) is 18.9 Å². The molecule has 2 heterocycles. The van der Waals surface area contributed by atoms with E-state index >= 15 is 0 Å². The molecule has 0 saturated carbocycles. The number of carbonyl (C=O) groups excluding carboxylic acids is 1. The Balaban J connectivity index is 1.61. The molecule has 0 atom stereocenters. The molecule has 0 bridgehead atoms. The monoisotopic (exact) mass is 440 g/mol. The number of hydrogen-bond acceptors (Lipinski definition) is 5. The molecule has 6 nitrogen and oxygen atoms in total. The van der Waals surface area contributed by atoms with Crippen molar-refractivity contribution in [1.82, 2.24) is 14.4 Å². The lowest BCUT2D eigenvalue weighted by atomic mass is 10.2. The van der Waals surface area contributed by atoms with Crippen LogP contribution in [0.1, 0.15) is 27.4 Å². The highest BCUT2D eigenvalue weighted by Gasteiger charge is 2.21. The van der Waals surface area contributed by atoms with Gasteiger partial charge in [-0.1, -0.05) is 6.07 Å². The third-order valence-electron chi connectivity index (χ3n) is 4.85. The van der Waals surface area contributed by atoms with Crippen LogP contribution in [0.2, 0.25) is 0 Å². The summed E-state index contributed by atoms with van der Waals surface area (Å²) in [6, 6.07) is 9.22. The van der Waals surface area contributed by atoms with Gasteiger partial charge >= 0.3 is 0 Å². The van der Waals surface area contributed by atoms with Gasteiger partial charge in [0.05, 0.1) is 23.5 Å². The third-order valence-corrected chi connectivity index (χ3v) is 4.85. The van der Waals surface area contributed by atoms with Gasteiger partial charge in [0.2, 0.25) is 5.65 Å². The highest BCUT2D eigenvalue weighted by molar-refractivity contribution is 5.99. The first kappa shape index (κ1) is 21.4. The number of ketones is 1. The van der Waals surface area contributed by atoms with Gasteiger partial charge in [-0.3, -0.25) is 9.20 Å². The molecule has 0 aliphatic heterocycles. The summed E-state index contributed by atoms with van der Waals surface area (Å²) in [6.45, 7) is 2.95. The minimum absolute atomic E-state index is 0.0434. The van der Waals surface area contributed by atoms with E-state index in [4.69, 9.17) is 4.74 Å². The van der Waals surface area contributed by atoms with E-state index in [0.29, 0.717) is 22.8 Å². The van der Waals surface area contributed by atoms with Crippen LogP contribution in [0.15, 0.2) is 48.7 Å². The van der Waals surface area contributed by atoms with Crippen molar-refractivity contribution in [3.63, 3.8) is 0 Å². The molecule has 1 N–H and O–H groups in total. The summed E-state index contributed by atoms with van der Waals surface area (Å²) in [5, 5.41) is 2.95. The number of nitrogens with zero attached hydrogens (tertiary/aromatic N) is 3. The Morgan fingerprint density at radius 2 is 1.72 bits per heavy atom. The maximum Gasteiger partial charge on any atom is 0.258 e. The number of fused-ring (bicyclic) bond motifs is 1. The number of Topliss-reactive ketones (excluding diaryl/α,β-unsaturated/α-hetero) is 1. The second-order valence-electron chi connectivity index (χ2n) is 7.20. The highest BCUT2D eigenvalue weighted by Crippen LogP contribution is 2.23. The molecule has 0 unspecified atom stereocenters. The Hall–Kier alpha value is -3.88. The Morgan fingerprint density at radius 1 is 1.03 bits per heavy atom. The zero-order chi connectivity index (χ0) is 22.8. The number of ether oxygens (including phenoxy) is 1. The number of hydrogen-bond donors (Lipinski definition) is 1. The first-order valence-electron chi connectivity index (χ1n) is 9.78. The Morgan fingerprint density at radius 3 is 2.41 bits per heavy atom. The number of halogens is 3. The lowest BCUT2D eigenvalue weighted by molar-refractivity contribution is 0.1000. The number of rotatable bonds is 7. The van der Waals surface area contributed by atoms with Crippen molar-refractivity contribution in [3.05, 3.63) is 88.8 Å². The van der Waals surface area contributed by atoms with Crippen molar-refractivity contribution in [2.45, 2.75) is 20.5 Å². The van der Waals surface area contributed by atoms with Crippen molar-refractivity contribution in [2.75, 3.05) is 11.9 Å². The predicted molar refractivity (Wildman–Crippen MR) is 112 cm³/mol. The number of nitrogens with one attached hydrogen (secondary N) is 1. The number of aryl methyl sites for hydroxylation is 2. The van der Waals surface area contributed by atoms with Crippen LogP contribution >= 0.6 is 0 Å². The quantitative estimate of drug-likeness (QED) is 0.424. The molecule has 2 aromatic carbocycles. The fraction of sp³-hybridized carbons (Fsp3) is 0.174. The fourth-order valence-corrected chi connectivity index (χ4v) is 3.33. The minimum atomic E-state index is -0.726. The van der Waals surface area contributed by atoms with Crippen molar-refractivity contribution < 1.29 is 22.7 Å². The van der Waals surface area contributed by atoms with Crippen molar-refractivity contribution in [3.8, 4) is 5.88 Å². The van der Waals surface area contributed by atoms with E-state index in [0.717, 1.165) is 12.1 Å². The van der Waals surface area contributed by atoms with Gasteiger partial charge < -0.3 is 10.1 Å². The summed E-state index contributed by atoms with van der Waals surface area (Å²) in [4.78, 5) is 21.6. The van der Waals surface area contributed by atoms with Gasteiger partial charge in [-0.25, -0.2) is 23.1 Å². The van der Waals surface area contributed by atoms with Gasteiger partial charge in [-0.15, -0.1) is 0 Å². The average molecular weight is 440 g/mol. The number of benzene rings is 2. The molecule has 0 aliphatic rings. The average Bonchev–Trinajstić information content (AvgIpc) is 3.08. The fourth-order valence-electron chi connectivity index (χ4n) is 3.33. The maximum atomic E-state index is 13.9. The minimum Gasteiger partial charge on any atom is -0.470 e. The van der Waals surface area contributed by atoms with Crippen LogP contribution in [0, 0.1) is 31.3 Å². The molecule has 0 aliphatic carbocycles. The number of anilines is 1. The largest absolute Gasteiger partial charge is 0.470 e. The van der Waals surface area contributed by atoms with Crippen LogP contribution in [0.5, 0.6) is 5.88 Å². The van der Waals surface area contributed by atoms with Crippen LogP contribution in [-0.4, -0.2) is 26.7 Å². The van der Waals surface area contributed by atoms with E-state index < -0.39 is 11.6 Å². The van der Waals surface area contributed by atoms with Gasteiger partial charge in [0.25, 0.3) is 5.88 Å². The molecule has 164 valence electrons. The molecular formula is C23H19F3N4O2. The lowest BCUT2D eigenvalue weighted by Gasteiger charge is -2.10. The molecule has 9 heteroatoms. The molecule has 4 aromatic rings. The smallest absolute Gasteiger partial charge is 0.258 e. The maximum absolute atomic E-state index is 13.9. The van der Waals surface area contributed by atoms with Gasteiger partial charge in [0.15, 0.2) is 5.78 Å². The van der Waals surface area contributed by atoms with Crippen LogP contribution in [0.3, 0.4) is 0 Å². The Bertz CT molecular complexity index is 1280. The molecule has 0 radical (unpaired) electrons. The summed E-state index contributed by atoms with van der Waals surface area (Å²) in [5.41, 5.74) is 1.93. The van der Waals surface area contributed by atoms with Crippen molar-refractivity contribution in [1.29, 1.82) is 0 Å². The molecule has 32 heavy (non-hydrogen) atoms. The number of imidazole rings is 1. The van der Waals surface area contributed by atoms with Crippen molar-refractivity contribution in [2.24, 2.45) is 0 Å². The second kappa shape index (κ2) is 8.70. The van der Waals surface area contributed by atoms with Crippen LogP contribution < -0.4 is 10.1 Å². The standard InChI is InChI=1S/C23H19F3N4O2/c1-13-11-30-21(20(31)10-27-16-8-6-15(24)7-9-16)14(2)29-22(30)23(28-13)32-12-17-18(25)4-3-5-19(17)26/h3-9,11,27H,10,12H2,1-2H3. The zero-order valence-electron chi connectivity index (χ0n) is 17.3.